The molecule has 0 amide bonds. The maximum Gasteiger partial charge on any atom is 0.313 e. The minimum absolute atomic E-state index is 0.0166. The number of hydrogen-bond donors (Lipinski definition) is 1. The van der Waals surface area contributed by atoms with Crippen LogP contribution in [0.5, 0.6) is 0 Å². The van der Waals surface area contributed by atoms with Crippen LogP contribution in [-0.4, -0.2) is 31.4 Å². The Bertz CT molecular complexity index is 812. The largest absolute Gasteiger partial charge is 0.481 e. The van der Waals surface area contributed by atoms with Crippen molar-refractivity contribution < 1.29 is 9.90 Å². The molecule has 0 saturated carbocycles. The normalized spacial score (nSPS) is 11.0. The van der Waals surface area contributed by atoms with Gasteiger partial charge in [0.25, 0.3) is 0 Å². The average molecular weight is 313 g/mol. The van der Waals surface area contributed by atoms with Gasteiger partial charge in [0.1, 0.15) is 5.52 Å². The number of hydrogen-bond acceptors (Lipinski definition) is 4. The molecule has 0 aliphatic rings. The first-order valence-corrected chi connectivity index (χ1v) is 7.83. The van der Waals surface area contributed by atoms with Crippen molar-refractivity contribution in [1.82, 2.24) is 14.5 Å². The van der Waals surface area contributed by atoms with Gasteiger partial charge >= 0.3 is 5.97 Å². The first-order chi connectivity index (χ1) is 10.6. The van der Waals surface area contributed by atoms with E-state index in [1.807, 2.05) is 23.6 Å². The van der Waals surface area contributed by atoms with Gasteiger partial charge in [-0.15, -0.1) is 0 Å². The Balaban J connectivity index is 1.99. The smallest absolute Gasteiger partial charge is 0.313 e. The van der Waals surface area contributed by atoms with Gasteiger partial charge in [-0.25, -0.2) is 9.97 Å². The summed E-state index contributed by atoms with van der Waals surface area (Å²) in [5.74, 6) is -0.871. The molecule has 0 fully saturated rings. The molecule has 0 aliphatic carbocycles. The van der Waals surface area contributed by atoms with Gasteiger partial charge < -0.3 is 5.11 Å². The van der Waals surface area contributed by atoms with Gasteiger partial charge in [0.05, 0.1) is 12.3 Å². The lowest BCUT2D eigenvalue weighted by Gasteiger charge is -2.08. The third-order valence-corrected chi connectivity index (χ3v) is 4.22. The van der Waals surface area contributed by atoms with Crippen molar-refractivity contribution in [2.24, 2.45) is 0 Å². The summed E-state index contributed by atoms with van der Waals surface area (Å²) in [5, 5.41) is 9.56. The summed E-state index contributed by atoms with van der Waals surface area (Å²) in [4.78, 5) is 19.7. The lowest BCUT2D eigenvalue weighted by Crippen LogP contribution is -2.05. The van der Waals surface area contributed by atoms with Crippen molar-refractivity contribution in [3.05, 3.63) is 53.7 Å². The molecule has 5 nitrogen and oxygen atoms in total. The molecule has 0 bridgehead atoms. The molecule has 3 aromatic rings. The minimum Gasteiger partial charge on any atom is -0.481 e. The lowest BCUT2D eigenvalue weighted by atomic mass is 10.1. The SMILES string of the molecule is Cc1ccc(Cn2c(SCC(=O)O)nc3cccnc32)cc1. The molecular formula is C16H15N3O2S. The number of carbonyl (C=O) groups is 1. The van der Waals surface area contributed by atoms with E-state index >= 15 is 0 Å². The van der Waals surface area contributed by atoms with E-state index in [-0.39, 0.29) is 5.75 Å². The fourth-order valence-electron chi connectivity index (χ4n) is 2.19. The van der Waals surface area contributed by atoms with Gasteiger partial charge in [-0.05, 0) is 24.6 Å². The Morgan fingerprint density at radius 1 is 1.27 bits per heavy atom. The molecule has 0 spiro atoms. The number of aliphatic carboxylic acids is 1. The van der Waals surface area contributed by atoms with Crippen LogP contribution >= 0.6 is 11.8 Å². The molecular weight excluding hydrogens is 298 g/mol. The highest BCUT2D eigenvalue weighted by Crippen LogP contribution is 2.24. The van der Waals surface area contributed by atoms with Gasteiger partial charge in [-0.3, -0.25) is 9.36 Å². The molecule has 1 aromatic carbocycles. The van der Waals surface area contributed by atoms with E-state index in [0.29, 0.717) is 11.7 Å². The van der Waals surface area contributed by atoms with E-state index in [2.05, 4.69) is 34.2 Å². The molecule has 2 heterocycles. The molecule has 2 aromatic heterocycles. The van der Waals surface area contributed by atoms with Crippen molar-refractivity contribution in [3.8, 4) is 0 Å². The van der Waals surface area contributed by atoms with Crippen molar-refractivity contribution in [1.29, 1.82) is 0 Å². The van der Waals surface area contributed by atoms with Crippen molar-refractivity contribution in [2.75, 3.05) is 5.75 Å². The van der Waals surface area contributed by atoms with E-state index in [1.165, 1.54) is 17.3 Å². The van der Waals surface area contributed by atoms with Crippen molar-refractivity contribution in [3.63, 3.8) is 0 Å². The number of imidazole rings is 1. The van der Waals surface area contributed by atoms with Crippen molar-refractivity contribution in [2.45, 2.75) is 18.6 Å². The molecule has 0 atom stereocenters. The summed E-state index contributed by atoms with van der Waals surface area (Å²) >= 11 is 1.22. The lowest BCUT2D eigenvalue weighted by molar-refractivity contribution is -0.133. The topological polar surface area (TPSA) is 68.0 Å². The summed E-state index contributed by atoms with van der Waals surface area (Å²) in [7, 11) is 0. The van der Waals surface area contributed by atoms with Crippen LogP contribution < -0.4 is 0 Å². The van der Waals surface area contributed by atoms with Crippen LogP contribution in [0.3, 0.4) is 0 Å². The highest BCUT2D eigenvalue weighted by Gasteiger charge is 2.13. The van der Waals surface area contributed by atoms with Crippen LogP contribution in [0.2, 0.25) is 0 Å². The summed E-state index contributed by atoms with van der Waals surface area (Å²) in [6, 6.07) is 12.0. The van der Waals surface area contributed by atoms with Crippen LogP contribution in [-0.2, 0) is 11.3 Å². The third-order valence-electron chi connectivity index (χ3n) is 3.25. The number of thioether (sulfide) groups is 1. The molecule has 0 saturated heterocycles. The molecule has 22 heavy (non-hydrogen) atoms. The second kappa shape index (κ2) is 6.19. The third kappa shape index (κ3) is 3.12. The summed E-state index contributed by atoms with van der Waals surface area (Å²) < 4.78 is 1.97. The average Bonchev–Trinajstić information content (AvgIpc) is 2.85. The fourth-order valence-corrected chi connectivity index (χ4v) is 2.92. The van der Waals surface area contributed by atoms with E-state index in [0.717, 1.165) is 16.7 Å². The molecule has 1 N–H and O–H groups in total. The number of carboxylic acids is 1. The highest BCUT2D eigenvalue weighted by atomic mass is 32.2. The highest BCUT2D eigenvalue weighted by molar-refractivity contribution is 7.99. The Hall–Kier alpha value is -2.34. The Labute approximate surface area is 132 Å². The van der Waals surface area contributed by atoms with Gasteiger partial charge in [0.2, 0.25) is 0 Å². The Morgan fingerprint density at radius 3 is 2.77 bits per heavy atom. The molecule has 0 radical (unpaired) electrons. The molecule has 0 aliphatic heterocycles. The van der Waals surface area contributed by atoms with Gasteiger partial charge in [0.15, 0.2) is 10.8 Å². The van der Waals surface area contributed by atoms with E-state index in [9.17, 15) is 4.79 Å². The van der Waals surface area contributed by atoms with Crippen LogP contribution in [0.1, 0.15) is 11.1 Å². The summed E-state index contributed by atoms with van der Waals surface area (Å²) in [6.07, 6.45) is 1.72. The van der Waals surface area contributed by atoms with Crippen LogP contribution in [0.25, 0.3) is 11.2 Å². The standard InChI is InChI=1S/C16H15N3O2S/c1-11-4-6-12(7-5-11)9-19-15-13(3-2-8-17-15)18-16(19)22-10-14(20)21/h2-8H,9-10H2,1H3,(H,20,21). The minimum atomic E-state index is -0.855. The maximum atomic E-state index is 10.8. The first-order valence-electron chi connectivity index (χ1n) is 6.85. The number of aryl methyl sites for hydroxylation is 1. The zero-order valence-corrected chi connectivity index (χ0v) is 12.9. The zero-order chi connectivity index (χ0) is 15.5. The van der Waals surface area contributed by atoms with E-state index < -0.39 is 5.97 Å². The molecule has 6 heteroatoms. The predicted octanol–water partition coefficient (Wildman–Crippen LogP) is 2.96. The molecule has 3 rings (SSSR count). The van der Waals surface area contributed by atoms with Gasteiger partial charge in [0, 0.05) is 6.20 Å². The number of fused-ring (bicyclic) bond motifs is 1. The fraction of sp³-hybridized carbons (Fsp3) is 0.188. The molecule has 0 unspecified atom stereocenters. The Morgan fingerprint density at radius 2 is 2.05 bits per heavy atom. The zero-order valence-electron chi connectivity index (χ0n) is 12.1. The van der Waals surface area contributed by atoms with Crippen molar-refractivity contribution >= 4 is 28.9 Å². The van der Waals surface area contributed by atoms with Gasteiger partial charge in [-0.1, -0.05) is 41.6 Å². The predicted molar refractivity (Wildman–Crippen MR) is 86.2 cm³/mol. The number of pyridine rings is 1. The summed E-state index contributed by atoms with van der Waals surface area (Å²) in [6.45, 7) is 2.67. The monoisotopic (exact) mass is 313 g/mol. The van der Waals surface area contributed by atoms with E-state index in [1.54, 1.807) is 6.20 Å². The number of aromatic nitrogens is 3. The summed E-state index contributed by atoms with van der Waals surface area (Å²) in [5.41, 5.74) is 3.89. The quantitative estimate of drug-likeness (QED) is 0.733. The first kappa shape index (κ1) is 14.6. The van der Waals surface area contributed by atoms with Gasteiger partial charge in [-0.2, -0.15) is 0 Å². The Kier molecular flexibility index (Phi) is 4.11. The number of nitrogens with zero attached hydrogens (tertiary/aromatic N) is 3. The van der Waals surface area contributed by atoms with Crippen LogP contribution in [0, 0.1) is 6.92 Å². The van der Waals surface area contributed by atoms with E-state index in [4.69, 9.17) is 5.11 Å². The second-order valence-corrected chi connectivity index (χ2v) is 5.94. The number of carboxylic acid groups (broad SMARTS) is 1. The van der Waals surface area contributed by atoms with Crippen LogP contribution in [0.15, 0.2) is 47.8 Å². The van der Waals surface area contributed by atoms with Crippen LogP contribution in [0.4, 0.5) is 0 Å². The second-order valence-electron chi connectivity index (χ2n) is 4.99. The number of benzene rings is 1. The number of rotatable bonds is 5. The maximum absolute atomic E-state index is 10.8. The molecule has 112 valence electrons.